The first kappa shape index (κ1) is 18.2. The number of allylic oxidation sites excluding steroid dienone is 1. The van der Waals surface area contributed by atoms with Gasteiger partial charge in [0.05, 0.1) is 6.10 Å². The van der Waals surface area contributed by atoms with E-state index in [1.54, 1.807) is 0 Å². The summed E-state index contributed by atoms with van der Waals surface area (Å²) < 4.78 is 0. The molecule has 3 saturated carbocycles. The monoisotopic (exact) mass is 360 g/mol. The van der Waals surface area contributed by atoms with Gasteiger partial charge in [-0.15, -0.1) is 0 Å². The number of aliphatic hydroxyl groups excluding tert-OH is 1. The van der Waals surface area contributed by atoms with Crippen LogP contribution >= 0.6 is 0 Å². The van der Waals surface area contributed by atoms with Gasteiger partial charge in [-0.3, -0.25) is 9.59 Å². The molecule has 1 unspecified atom stereocenters. The fourth-order valence-corrected chi connectivity index (χ4v) is 7.42. The van der Waals surface area contributed by atoms with Gasteiger partial charge < -0.3 is 10.2 Å². The van der Waals surface area contributed by atoms with Crippen LogP contribution in [0.15, 0.2) is 11.6 Å². The molecule has 4 nitrogen and oxygen atoms in total. The summed E-state index contributed by atoms with van der Waals surface area (Å²) in [6.07, 6.45) is 9.16. The Balaban J connectivity index is 1.65. The van der Waals surface area contributed by atoms with Crippen LogP contribution in [0, 0.1) is 34.5 Å². The van der Waals surface area contributed by atoms with E-state index < -0.39 is 5.97 Å². The molecular weight excluding hydrogens is 328 g/mol. The molecule has 0 amide bonds. The maximum Gasteiger partial charge on any atom is 0.303 e. The molecule has 3 fully saturated rings. The number of hydrogen-bond donors (Lipinski definition) is 2. The van der Waals surface area contributed by atoms with Gasteiger partial charge in [-0.2, -0.15) is 0 Å². The number of rotatable bonds is 3. The molecule has 0 aliphatic heterocycles. The van der Waals surface area contributed by atoms with Crippen molar-refractivity contribution in [3.05, 3.63) is 11.6 Å². The fourth-order valence-electron chi connectivity index (χ4n) is 7.42. The number of fused-ring (bicyclic) bond motifs is 5. The van der Waals surface area contributed by atoms with Crippen LogP contribution in [0.1, 0.15) is 71.6 Å². The molecule has 4 aliphatic rings. The van der Waals surface area contributed by atoms with Crippen LogP contribution in [0.25, 0.3) is 0 Å². The molecular formula is C22H32O4. The van der Waals surface area contributed by atoms with E-state index in [2.05, 4.69) is 13.8 Å². The highest BCUT2D eigenvalue weighted by Crippen LogP contribution is 2.66. The largest absolute Gasteiger partial charge is 0.481 e. The lowest BCUT2D eigenvalue weighted by molar-refractivity contribution is -0.137. The van der Waals surface area contributed by atoms with E-state index in [9.17, 15) is 14.7 Å². The number of carbonyl (C=O) groups is 2. The van der Waals surface area contributed by atoms with Gasteiger partial charge in [-0.05, 0) is 85.5 Å². The van der Waals surface area contributed by atoms with Crippen LogP contribution in [0.3, 0.4) is 0 Å². The maximum atomic E-state index is 11.9. The first-order chi connectivity index (χ1) is 12.3. The van der Waals surface area contributed by atoms with E-state index in [4.69, 9.17) is 5.11 Å². The third-order valence-corrected chi connectivity index (χ3v) is 8.78. The number of aliphatic hydroxyl groups is 1. The van der Waals surface area contributed by atoms with Gasteiger partial charge in [0.2, 0.25) is 0 Å². The molecule has 144 valence electrons. The van der Waals surface area contributed by atoms with E-state index in [1.807, 2.05) is 6.08 Å². The number of aliphatic carboxylic acids is 1. The Morgan fingerprint density at radius 1 is 1.23 bits per heavy atom. The molecule has 0 saturated heterocycles. The lowest BCUT2D eigenvalue weighted by Crippen LogP contribution is -2.52. The van der Waals surface area contributed by atoms with Gasteiger partial charge in [-0.25, -0.2) is 0 Å². The van der Waals surface area contributed by atoms with Crippen molar-refractivity contribution in [2.24, 2.45) is 34.5 Å². The van der Waals surface area contributed by atoms with Crippen molar-refractivity contribution >= 4 is 11.8 Å². The second-order valence-electron chi connectivity index (χ2n) is 9.88. The molecule has 4 rings (SSSR count). The summed E-state index contributed by atoms with van der Waals surface area (Å²) in [6.45, 7) is 4.61. The molecule has 0 aromatic rings. The first-order valence-electron chi connectivity index (χ1n) is 10.4. The topological polar surface area (TPSA) is 74.6 Å². The zero-order chi connectivity index (χ0) is 18.7. The van der Waals surface area contributed by atoms with Crippen LogP contribution in [-0.4, -0.2) is 28.1 Å². The Morgan fingerprint density at radius 2 is 2.00 bits per heavy atom. The minimum absolute atomic E-state index is 0.0631. The summed E-state index contributed by atoms with van der Waals surface area (Å²) in [5.74, 6) is 1.43. The van der Waals surface area contributed by atoms with Crippen molar-refractivity contribution in [1.82, 2.24) is 0 Å². The Kier molecular flexibility index (Phi) is 4.33. The molecule has 7 atom stereocenters. The lowest BCUT2D eigenvalue weighted by Gasteiger charge is -2.58. The number of carboxylic acid groups (broad SMARTS) is 1. The van der Waals surface area contributed by atoms with Crippen molar-refractivity contribution in [3.63, 3.8) is 0 Å². The van der Waals surface area contributed by atoms with Crippen LogP contribution in [0.5, 0.6) is 0 Å². The summed E-state index contributed by atoms with van der Waals surface area (Å²) in [4.78, 5) is 23.1. The molecule has 4 aliphatic carbocycles. The van der Waals surface area contributed by atoms with Crippen LogP contribution < -0.4 is 0 Å². The number of carboxylic acids is 1. The predicted molar refractivity (Wildman–Crippen MR) is 98.5 cm³/mol. The Hall–Kier alpha value is -1.16. The number of hydrogen-bond acceptors (Lipinski definition) is 3. The van der Waals surface area contributed by atoms with Gasteiger partial charge in [-0.1, -0.05) is 19.4 Å². The molecule has 0 heterocycles. The summed E-state index contributed by atoms with van der Waals surface area (Å²) in [7, 11) is 0. The molecule has 0 aromatic carbocycles. The number of ketones is 1. The Morgan fingerprint density at radius 3 is 2.73 bits per heavy atom. The first-order valence-corrected chi connectivity index (χ1v) is 10.4. The van der Waals surface area contributed by atoms with Crippen LogP contribution in [0.2, 0.25) is 0 Å². The van der Waals surface area contributed by atoms with Crippen molar-refractivity contribution < 1.29 is 19.8 Å². The SMILES string of the molecule is C[C@]12CC[C@H]3[C@@H](CCC4=CC(=O)CC[C@@]43C)[C@@H]1C(CCC(=O)O)C[C@@H]2O. The van der Waals surface area contributed by atoms with Crippen LogP contribution in [0.4, 0.5) is 0 Å². The molecule has 4 heteroatoms. The van der Waals surface area contributed by atoms with Gasteiger partial charge in [0.15, 0.2) is 5.78 Å². The summed E-state index contributed by atoms with van der Waals surface area (Å²) >= 11 is 0. The van der Waals surface area contributed by atoms with E-state index in [-0.39, 0.29) is 29.1 Å². The van der Waals surface area contributed by atoms with Gasteiger partial charge in [0, 0.05) is 12.8 Å². The smallest absolute Gasteiger partial charge is 0.303 e. The highest BCUT2D eigenvalue weighted by atomic mass is 16.4. The predicted octanol–water partition coefficient (Wildman–Crippen LogP) is 3.97. The maximum absolute atomic E-state index is 11.9. The second kappa shape index (κ2) is 6.19. The molecule has 0 bridgehead atoms. The summed E-state index contributed by atoms with van der Waals surface area (Å²) in [5.41, 5.74) is 1.43. The molecule has 0 aromatic heterocycles. The van der Waals surface area contributed by atoms with Crippen molar-refractivity contribution in [1.29, 1.82) is 0 Å². The highest BCUT2D eigenvalue weighted by Gasteiger charge is 2.61. The lowest BCUT2D eigenvalue weighted by atomic mass is 9.46. The molecule has 2 N–H and O–H groups in total. The fraction of sp³-hybridized carbons (Fsp3) is 0.818. The van der Waals surface area contributed by atoms with Gasteiger partial charge in [0.25, 0.3) is 0 Å². The normalized spacial score (nSPS) is 47.6. The average molecular weight is 360 g/mol. The average Bonchev–Trinajstić information content (AvgIpc) is 2.84. The number of carbonyl (C=O) groups excluding carboxylic acids is 1. The van der Waals surface area contributed by atoms with E-state index in [0.29, 0.717) is 36.5 Å². The summed E-state index contributed by atoms with van der Waals surface area (Å²) in [5, 5.41) is 20.0. The van der Waals surface area contributed by atoms with Crippen molar-refractivity contribution in [2.45, 2.75) is 77.7 Å². The molecule has 0 spiro atoms. The minimum atomic E-state index is -0.730. The zero-order valence-electron chi connectivity index (χ0n) is 16.0. The van der Waals surface area contributed by atoms with E-state index in [0.717, 1.165) is 38.5 Å². The van der Waals surface area contributed by atoms with Gasteiger partial charge in [0.1, 0.15) is 0 Å². The third-order valence-electron chi connectivity index (χ3n) is 8.78. The summed E-state index contributed by atoms with van der Waals surface area (Å²) in [6, 6.07) is 0. The van der Waals surface area contributed by atoms with E-state index in [1.165, 1.54) is 5.57 Å². The Bertz CT molecular complexity index is 653. The standard InChI is InChI=1S/C22H32O4/c1-21-9-7-15(23)12-14(21)4-5-16-17(21)8-10-22(2)18(24)11-13(20(16)22)3-6-19(25)26/h12-13,16-18,20,24H,3-11H2,1-2H3,(H,25,26)/t13?,16-,17+,18+,20+,21+,22-/m1/s1. The Labute approximate surface area is 156 Å². The second-order valence-corrected chi connectivity index (χ2v) is 9.88. The molecule has 0 radical (unpaired) electrons. The van der Waals surface area contributed by atoms with Gasteiger partial charge >= 0.3 is 5.97 Å². The van der Waals surface area contributed by atoms with E-state index >= 15 is 0 Å². The molecule has 26 heavy (non-hydrogen) atoms. The third kappa shape index (κ3) is 2.59. The van der Waals surface area contributed by atoms with Crippen molar-refractivity contribution in [3.8, 4) is 0 Å². The highest BCUT2D eigenvalue weighted by molar-refractivity contribution is 5.91. The van der Waals surface area contributed by atoms with Crippen molar-refractivity contribution in [2.75, 3.05) is 0 Å². The zero-order valence-corrected chi connectivity index (χ0v) is 16.0. The quantitative estimate of drug-likeness (QED) is 0.798. The van der Waals surface area contributed by atoms with Crippen LogP contribution in [-0.2, 0) is 9.59 Å². The minimum Gasteiger partial charge on any atom is -0.481 e.